The smallest absolute Gasteiger partial charge is 0.343 e. The van der Waals surface area contributed by atoms with Crippen LogP contribution in [0.3, 0.4) is 0 Å². The van der Waals surface area contributed by atoms with Crippen LogP contribution in [0.1, 0.15) is 27.0 Å². The number of benzene rings is 3. The minimum atomic E-state index is -3.93. The van der Waals surface area contributed by atoms with Crippen molar-refractivity contribution in [2.24, 2.45) is 0 Å². The normalized spacial score (nSPS) is 13.2. The van der Waals surface area contributed by atoms with Crippen LogP contribution in [-0.2, 0) is 16.4 Å². The fourth-order valence-electron chi connectivity index (χ4n) is 3.62. The van der Waals surface area contributed by atoms with Crippen LogP contribution < -0.4 is 9.04 Å². The number of para-hydroxylation sites is 2. The monoisotopic (exact) mass is 441 g/mol. The summed E-state index contributed by atoms with van der Waals surface area (Å²) in [7, 11) is -3.93. The predicted molar refractivity (Wildman–Crippen MR) is 117 cm³/mol. The topological polar surface area (TPSA) is 63.7 Å². The molecule has 1 aliphatic rings. The maximum Gasteiger partial charge on any atom is 0.343 e. The molecular weight excluding hydrogens is 422 g/mol. The largest absolute Gasteiger partial charge is 0.422 e. The zero-order valence-electron chi connectivity index (χ0n) is 16.6. The Morgan fingerprint density at radius 3 is 2.43 bits per heavy atom. The van der Waals surface area contributed by atoms with E-state index in [1.54, 1.807) is 12.1 Å². The van der Waals surface area contributed by atoms with Gasteiger partial charge in [-0.3, -0.25) is 4.31 Å². The molecule has 0 radical (unpaired) electrons. The molecule has 5 nitrogen and oxygen atoms in total. The molecule has 0 unspecified atom stereocenters. The second-order valence-corrected chi connectivity index (χ2v) is 9.45. The number of carbonyl (C=O) groups is 1. The molecule has 0 N–H and O–H groups in total. The molecule has 0 fully saturated rings. The lowest BCUT2D eigenvalue weighted by Crippen LogP contribution is -2.29. The lowest BCUT2D eigenvalue weighted by molar-refractivity contribution is 0.0732. The average molecular weight is 442 g/mol. The summed E-state index contributed by atoms with van der Waals surface area (Å²) in [6.45, 7) is 4.02. The Bertz CT molecular complexity index is 1230. The Hall–Kier alpha value is -2.83. The van der Waals surface area contributed by atoms with Gasteiger partial charge in [-0.15, -0.1) is 0 Å². The highest BCUT2D eigenvalue weighted by Crippen LogP contribution is 2.35. The first-order valence-corrected chi connectivity index (χ1v) is 11.3. The van der Waals surface area contributed by atoms with Crippen LogP contribution in [0.15, 0.2) is 65.6 Å². The van der Waals surface area contributed by atoms with Gasteiger partial charge >= 0.3 is 5.97 Å². The molecule has 0 atom stereocenters. The second-order valence-electron chi connectivity index (χ2n) is 7.21. The zero-order valence-corrected chi connectivity index (χ0v) is 18.1. The van der Waals surface area contributed by atoms with Gasteiger partial charge in [0.05, 0.1) is 16.3 Å². The van der Waals surface area contributed by atoms with Crippen molar-refractivity contribution in [3.63, 3.8) is 0 Å². The number of carbonyl (C=O) groups excluding carboxylic acids is 1. The molecular formula is C23H20ClNO4S. The van der Waals surface area contributed by atoms with Gasteiger partial charge in [-0.05, 0) is 61.2 Å². The van der Waals surface area contributed by atoms with Crippen LogP contribution in [0.25, 0.3) is 0 Å². The van der Waals surface area contributed by atoms with E-state index in [1.165, 1.54) is 22.5 Å². The first kappa shape index (κ1) is 20.4. The first-order valence-electron chi connectivity index (χ1n) is 9.47. The van der Waals surface area contributed by atoms with Gasteiger partial charge in [0.15, 0.2) is 0 Å². The molecule has 1 aliphatic heterocycles. The highest BCUT2D eigenvalue weighted by atomic mass is 35.5. The van der Waals surface area contributed by atoms with Crippen LogP contribution in [-0.4, -0.2) is 20.9 Å². The SMILES string of the molecule is Cc1cccc(C)c1OC(=O)c1ccc(Cl)c(S(=O)(=O)N2CCc3ccccc32)c1. The molecule has 4 rings (SSSR count). The van der Waals surface area contributed by atoms with Gasteiger partial charge in [-0.2, -0.15) is 0 Å². The summed E-state index contributed by atoms with van der Waals surface area (Å²) in [5.74, 6) is -0.169. The Balaban J connectivity index is 1.69. The van der Waals surface area contributed by atoms with E-state index in [1.807, 2.05) is 44.2 Å². The Labute approximate surface area is 180 Å². The number of esters is 1. The quantitative estimate of drug-likeness (QED) is 0.425. The molecule has 0 amide bonds. The Kier molecular flexibility index (Phi) is 5.30. The molecule has 3 aromatic carbocycles. The van der Waals surface area contributed by atoms with Crippen molar-refractivity contribution >= 4 is 33.3 Å². The van der Waals surface area contributed by atoms with Crippen molar-refractivity contribution in [3.05, 3.63) is 87.9 Å². The van der Waals surface area contributed by atoms with Gasteiger partial charge in [0.2, 0.25) is 0 Å². The number of sulfonamides is 1. The van der Waals surface area contributed by atoms with E-state index in [0.717, 1.165) is 16.7 Å². The molecule has 0 aromatic heterocycles. The number of fused-ring (bicyclic) bond motifs is 1. The molecule has 30 heavy (non-hydrogen) atoms. The van der Waals surface area contributed by atoms with Gasteiger partial charge in [-0.1, -0.05) is 48.0 Å². The lowest BCUT2D eigenvalue weighted by Gasteiger charge is -2.20. The zero-order chi connectivity index (χ0) is 21.5. The molecule has 0 saturated carbocycles. The second kappa shape index (κ2) is 7.78. The maximum absolute atomic E-state index is 13.3. The molecule has 3 aromatic rings. The van der Waals surface area contributed by atoms with E-state index in [2.05, 4.69) is 0 Å². The number of rotatable bonds is 4. The third-order valence-corrected chi connectivity index (χ3v) is 7.48. The van der Waals surface area contributed by atoms with Crippen LogP contribution >= 0.6 is 11.6 Å². The third-order valence-electron chi connectivity index (χ3n) is 5.18. The molecule has 7 heteroatoms. The van der Waals surface area contributed by atoms with Crippen LogP contribution in [0.5, 0.6) is 5.75 Å². The van der Waals surface area contributed by atoms with Crippen molar-refractivity contribution in [2.45, 2.75) is 25.2 Å². The fourth-order valence-corrected chi connectivity index (χ4v) is 5.62. The fraction of sp³-hybridized carbons (Fsp3) is 0.174. The highest BCUT2D eigenvalue weighted by molar-refractivity contribution is 7.93. The summed E-state index contributed by atoms with van der Waals surface area (Å²) in [6.07, 6.45) is 0.626. The molecule has 0 aliphatic carbocycles. The van der Waals surface area contributed by atoms with E-state index in [9.17, 15) is 13.2 Å². The predicted octanol–water partition coefficient (Wildman–Crippen LogP) is 4.93. The Morgan fingerprint density at radius 1 is 1.00 bits per heavy atom. The number of aryl methyl sites for hydroxylation is 2. The van der Waals surface area contributed by atoms with E-state index >= 15 is 0 Å². The van der Waals surface area contributed by atoms with E-state index in [-0.39, 0.29) is 15.5 Å². The first-order chi connectivity index (χ1) is 14.3. The molecule has 154 valence electrons. The van der Waals surface area contributed by atoms with E-state index in [0.29, 0.717) is 24.4 Å². The highest BCUT2D eigenvalue weighted by Gasteiger charge is 2.32. The van der Waals surface area contributed by atoms with Crippen molar-refractivity contribution in [2.75, 3.05) is 10.8 Å². The summed E-state index contributed by atoms with van der Waals surface area (Å²) in [6, 6.07) is 17.1. The maximum atomic E-state index is 13.3. The number of nitrogens with zero attached hydrogens (tertiary/aromatic N) is 1. The number of ether oxygens (including phenoxy) is 1. The summed E-state index contributed by atoms with van der Waals surface area (Å²) in [5, 5.41) is 0.0583. The van der Waals surface area contributed by atoms with Gasteiger partial charge in [0.1, 0.15) is 10.6 Å². The molecule has 0 spiro atoms. The summed E-state index contributed by atoms with van der Waals surface area (Å²) < 4.78 is 33.6. The summed E-state index contributed by atoms with van der Waals surface area (Å²) >= 11 is 6.24. The number of hydrogen-bond acceptors (Lipinski definition) is 4. The van der Waals surface area contributed by atoms with Crippen molar-refractivity contribution in [1.82, 2.24) is 0 Å². The lowest BCUT2D eigenvalue weighted by atomic mass is 10.1. The molecule has 1 heterocycles. The van der Waals surface area contributed by atoms with Crippen LogP contribution in [0.2, 0.25) is 5.02 Å². The number of anilines is 1. The van der Waals surface area contributed by atoms with Gasteiger partial charge in [0.25, 0.3) is 10.0 Å². The van der Waals surface area contributed by atoms with Crippen LogP contribution in [0, 0.1) is 13.8 Å². The third kappa shape index (κ3) is 3.57. The number of hydrogen-bond donors (Lipinski definition) is 0. The standard InChI is InChI=1S/C23H20ClNO4S/c1-15-6-5-7-16(2)22(15)29-23(26)18-10-11-19(24)21(14-18)30(27,28)25-13-12-17-8-3-4-9-20(17)25/h3-11,14H,12-13H2,1-2H3. The summed E-state index contributed by atoms with van der Waals surface area (Å²) in [4.78, 5) is 12.6. The molecule has 0 saturated heterocycles. The number of halogens is 1. The van der Waals surface area contributed by atoms with Crippen molar-refractivity contribution in [1.29, 1.82) is 0 Å². The Morgan fingerprint density at radius 2 is 1.70 bits per heavy atom. The van der Waals surface area contributed by atoms with E-state index < -0.39 is 16.0 Å². The average Bonchev–Trinajstić information content (AvgIpc) is 3.16. The van der Waals surface area contributed by atoms with Crippen molar-refractivity contribution < 1.29 is 17.9 Å². The minimum absolute atomic E-state index is 0.0583. The minimum Gasteiger partial charge on any atom is -0.422 e. The van der Waals surface area contributed by atoms with Crippen LogP contribution in [0.4, 0.5) is 5.69 Å². The van der Waals surface area contributed by atoms with Gasteiger partial charge in [-0.25, -0.2) is 13.2 Å². The summed E-state index contributed by atoms with van der Waals surface area (Å²) in [5.41, 5.74) is 3.35. The van der Waals surface area contributed by atoms with E-state index in [4.69, 9.17) is 16.3 Å². The van der Waals surface area contributed by atoms with Crippen molar-refractivity contribution in [3.8, 4) is 5.75 Å². The molecule has 0 bridgehead atoms. The van der Waals surface area contributed by atoms with Gasteiger partial charge < -0.3 is 4.74 Å². The van der Waals surface area contributed by atoms with Gasteiger partial charge in [0, 0.05) is 6.54 Å².